The third-order valence-electron chi connectivity index (χ3n) is 3.12. The number of oxime groups is 1. The van der Waals surface area contributed by atoms with Gasteiger partial charge in [0.15, 0.2) is 0 Å². The van der Waals surface area contributed by atoms with Gasteiger partial charge in [0.05, 0.1) is 5.71 Å². The smallest absolute Gasteiger partial charge is 0.142 e. The first-order chi connectivity index (χ1) is 8.12. The van der Waals surface area contributed by atoms with Crippen LogP contribution in [0.1, 0.15) is 39.2 Å². The highest BCUT2D eigenvalue weighted by Crippen LogP contribution is 2.17. The van der Waals surface area contributed by atoms with Gasteiger partial charge in [-0.2, -0.15) is 0 Å². The molecule has 0 aliphatic carbocycles. The summed E-state index contributed by atoms with van der Waals surface area (Å²) in [6, 6.07) is 9.85. The lowest BCUT2D eigenvalue weighted by molar-refractivity contribution is 0.0839. The van der Waals surface area contributed by atoms with Crippen molar-refractivity contribution < 1.29 is 9.94 Å². The standard InChI is InChI=1S/C14H21NO2/c1-4-14(16,5-2)12(3)15-17-11-13-9-7-6-8-10-13/h6-10,16H,4-5,11H2,1-3H3/b15-12+. The van der Waals surface area contributed by atoms with Crippen LogP contribution in [0.2, 0.25) is 0 Å². The quantitative estimate of drug-likeness (QED) is 0.608. The Morgan fingerprint density at radius 1 is 1.24 bits per heavy atom. The van der Waals surface area contributed by atoms with E-state index in [4.69, 9.17) is 4.84 Å². The number of benzene rings is 1. The van der Waals surface area contributed by atoms with Gasteiger partial charge < -0.3 is 9.94 Å². The summed E-state index contributed by atoms with van der Waals surface area (Å²) >= 11 is 0. The van der Waals surface area contributed by atoms with Crippen LogP contribution in [0.5, 0.6) is 0 Å². The van der Waals surface area contributed by atoms with Gasteiger partial charge in [-0.3, -0.25) is 0 Å². The van der Waals surface area contributed by atoms with Crippen molar-refractivity contribution in [3.05, 3.63) is 35.9 Å². The number of hydrogen-bond donors (Lipinski definition) is 1. The van der Waals surface area contributed by atoms with Crippen LogP contribution in [0.15, 0.2) is 35.5 Å². The molecule has 1 rings (SSSR count). The van der Waals surface area contributed by atoms with Crippen molar-refractivity contribution in [1.82, 2.24) is 0 Å². The van der Waals surface area contributed by atoms with Crippen LogP contribution in [0.3, 0.4) is 0 Å². The second kappa shape index (κ2) is 6.40. The lowest BCUT2D eigenvalue weighted by Crippen LogP contribution is -2.35. The van der Waals surface area contributed by atoms with Gasteiger partial charge in [-0.25, -0.2) is 0 Å². The molecule has 0 amide bonds. The molecule has 0 fully saturated rings. The zero-order valence-electron chi connectivity index (χ0n) is 10.8. The number of nitrogens with zero attached hydrogens (tertiary/aromatic N) is 1. The molecule has 3 nitrogen and oxygen atoms in total. The normalized spacial score (nSPS) is 12.6. The highest BCUT2D eigenvalue weighted by atomic mass is 16.6. The molecule has 0 bridgehead atoms. The molecule has 17 heavy (non-hydrogen) atoms. The largest absolute Gasteiger partial charge is 0.391 e. The fraction of sp³-hybridized carbons (Fsp3) is 0.500. The van der Waals surface area contributed by atoms with Gasteiger partial charge in [-0.05, 0) is 25.3 Å². The summed E-state index contributed by atoms with van der Waals surface area (Å²) in [5.41, 5.74) is 0.871. The molecule has 0 saturated carbocycles. The zero-order valence-corrected chi connectivity index (χ0v) is 10.8. The zero-order chi connectivity index (χ0) is 12.7. The van der Waals surface area contributed by atoms with E-state index in [1.54, 1.807) is 6.92 Å². The van der Waals surface area contributed by atoms with E-state index in [0.717, 1.165) is 5.56 Å². The second-order valence-corrected chi connectivity index (χ2v) is 4.17. The minimum Gasteiger partial charge on any atom is -0.391 e. The molecular weight excluding hydrogens is 214 g/mol. The van der Waals surface area contributed by atoms with Gasteiger partial charge in [0.25, 0.3) is 0 Å². The van der Waals surface area contributed by atoms with E-state index in [-0.39, 0.29) is 0 Å². The van der Waals surface area contributed by atoms with Crippen LogP contribution in [0, 0.1) is 0 Å². The maximum absolute atomic E-state index is 10.2. The second-order valence-electron chi connectivity index (χ2n) is 4.17. The van der Waals surface area contributed by atoms with E-state index >= 15 is 0 Å². The van der Waals surface area contributed by atoms with Crippen LogP contribution in [-0.4, -0.2) is 16.4 Å². The molecule has 1 aromatic carbocycles. The topological polar surface area (TPSA) is 41.8 Å². The number of aliphatic hydroxyl groups is 1. The Bertz CT molecular complexity index is 356. The van der Waals surface area contributed by atoms with Crippen LogP contribution < -0.4 is 0 Å². The van der Waals surface area contributed by atoms with Crippen molar-refractivity contribution in [1.29, 1.82) is 0 Å². The van der Waals surface area contributed by atoms with E-state index in [9.17, 15) is 5.11 Å². The molecule has 94 valence electrons. The first-order valence-electron chi connectivity index (χ1n) is 6.05. The van der Waals surface area contributed by atoms with Crippen LogP contribution in [-0.2, 0) is 11.4 Å². The van der Waals surface area contributed by atoms with Gasteiger partial charge in [0.1, 0.15) is 12.2 Å². The Balaban J connectivity index is 2.54. The lowest BCUT2D eigenvalue weighted by Gasteiger charge is -2.24. The summed E-state index contributed by atoms with van der Waals surface area (Å²) < 4.78 is 0. The highest BCUT2D eigenvalue weighted by molar-refractivity contribution is 5.89. The third kappa shape index (κ3) is 3.86. The summed E-state index contributed by atoms with van der Waals surface area (Å²) in [7, 11) is 0. The third-order valence-corrected chi connectivity index (χ3v) is 3.12. The molecule has 0 atom stereocenters. The Morgan fingerprint density at radius 2 is 1.82 bits per heavy atom. The van der Waals surface area contributed by atoms with Gasteiger partial charge in [-0.1, -0.05) is 49.3 Å². The summed E-state index contributed by atoms with van der Waals surface area (Å²) in [6.45, 7) is 6.12. The molecule has 0 aliphatic heterocycles. The fourth-order valence-electron chi connectivity index (χ4n) is 1.62. The highest BCUT2D eigenvalue weighted by Gasteiger charge is 2.26. The van der Waals surface area contributed by atoms with Crippen LogP contribution in [0.4, 0.5) is 0 Å². The Labute approximate surface area is 103 Å². The van der Waals surface area contributed by atoms with Crippen molar-refractivity contribution in [3.63, 3.8) is 0 Å². The van der Waals surface area contributed by atoms with Crippen molar-refractivity contribution >= 4 is 5.71 Å². The van der Waals surface area contributed by atoms with Crippen molar-refractivity contribution in [3.8, 4) is 0 Å². The van der Waals surface area contributed by atoms with E-state index in [0.29, 0.717) is 25.2 Å². The summed E-state index contributed by atoms with van der Waals surface area (Å²) in [6.07, 6.45) is 1.29. The maximum Gasteiger partial charge on any atom is 0.142 e. The SMILES string of the molecule is CCC(O)(CC)/C(C)=N/OCc1ccccc1. The molecule has 3 heteroatoms. The Kier molecular flexibility index (Phi) is 5.16. The molecule has 0 aliphatic rings. The van der Waals surface area contributed by atoms with Gasteiger partial charge in [0, 0.05) is 0 Å². The first-order valence-corrected chi connectivity index (χ1v) is 6.05. The molecule has 0 heterocycles. The monoisotopic (exact) mass is 235 g/mol. The summed E-state index contributed by atoms with van der Waals surface area (Å²) in [5, 5.41) is 14.2. The van der Waals surface area contributed by atoms with Crippen LogP contribution in [0.25, 0.3) is 0 Å². The van der Waals surface area contributed by atoms with Crippen molar-refractivity contribution in [2.24, 2.45) is 5.16 Å². The first kappa shape index (κ1) is 13.7. The summed E-state index contributed by atoms with van der Waals surface area (Å²) in [4.78, 5) is 5.26. The van der Waals surface area contributed by atoms with Gasteiger partial charge in [-0.15, -0.1) is 0 Å². The molecule has 0 saturated heterocycles. The molecule has 0 aromatic heterocycles. The molecule has 0 unspecified atom stereocenters. The minimum absolute atomic E-state index is 0.432. The van der Waals surface area contributed by atoms with E-state index < -0.39 is 5.60 Å². The minimum atomic E-state index is -0.837. The lowest BCUT2D eigenvalue weighted by atomic mass is 9.93. The average molecular weight is 235 g/mol. The van der Waals surface area contributed by atoms with Gasteiger partial charge >= 0.3 is 0 Å². The van der Waals surface area contributed by atoms with Crippen molar-refractivity contribution in [2.75, 3.05) is 0 Å². The van der Waals surface area contributed by atoms with Crippen LogP contribution >= 0.6 is 0 Å². The Morgan fingerprint density at radius 3 is 2.35 bits per heavy atom. The predicted molar refractivity (Wildman–Crippen MR) is 69.9 cm³/mol. The predicted octanol–water partition coefficient (Wildman–Crippen LogP) is 3.13. The molecule has 1 aromatic rings. The molecule has 1 N–H and O–H groups in total. The Hall–Kier alpha value is -1.35. The van der Waals surface area contributed by atoms with E-state index in [1.807, 2.05) is 44.2 Å². The maximum atomic E-state index is 10.2. The van der Waals surface area contributed by atoms with E-state index in [2.05, 4.69) is 5.16 Å². The summed E-state index contributed by atoms with van der Waals surface area (Å²) in [5.74, 6) is 0. The van der Waals surface area contributed by atoms with E-state index in [1.165, 1.54) is 0 Å². The number of hydrogen-bond acceptors (Lipinski definition) is 3. The number of rotatable bonds is 6. The van der Waals surface area contributed by atoms with Gasteiger partial charge in [0.2, 0.25) is 0 Å². The molecule has 0 spiro atoms. The van der Waals surface area contributed by atoms with Crippen molar-refractivity contribution in [2.45, 2.75) is 45.8 Å². The fourth-order valence-corrected chi connectivity index (χ4v) is 1.62. The molecule has 0 radical (unpaired) electrons. The average Bonchev–Trinajstić information content (AvgIpc) is 2.39. The molecular formula is C14H21NO2.